The number of nitrogens with two attached hydrogens (primary N) is 1. The van der Waals surface area contributed by atoms with Crippen LogP contribution in [0.15, 0.2) is 0 Å². The maximum atomic E-state index is 12.0. The van der Waals surface area contributed by atoms with Gasteiger partial charge in [-0.3, -0.25) is 4.79 Å². The number of likely N-dealkylation sites (N-methyl/N-ethyl adjacent to an activating group) is 1. The van der Waals surface area contributed by atoms with E-state index in [1.54, 1.807) is 0 Å². The molecule has 0 radical (unpaired) electrons. The molecular formula is C13H27N3O. The summed E-state index contributed by atoms with van der Waals surface area (Å²) in [5.74, 6) is 0.279. The Bertz CT molecular complexity index is 227. The highest BCUT2D eigenvalue weighted by atomic mass is 16.2. The maximum absolute atomic E-state index is 12.0. The molecule has 1 fully saturated rings. The van der Waals surface area contributed by atoms with Gasteiger partial charge in [0.25, 0.3) is 0 Å². The van der Waals surface area contributed by atoms with E-state index in [1.807, 2.05) is 4.90 Å². The lowest BCUT2D eigenvalue weighted by Crippen LogP contribution is -2.42. The fourth-order valence-electron chi connectivity index (χ4n) is 2.31. The molecule has 1 atom stereocenters. The molecule has 0 aliphatic carbocycles. The third-order valence-corrected chi connectivity index (χ3v) is 3.63. The third-order valence-electron chi connectivity index (χ3n) is 3.63. The van der Waals surface area contributed by atoms with Gasteiger partial charge in [-0.2, -0.15) is 0 Å². The minimum absolute atomic E-state index is 0.203. The molecule has 0 saturated carbocycles. The van der Waals surface area contributed by atoms with Crippen molar-refractivity contribution in [3.63, 3.8) is 0 Å². The van der Waals surface area contributed by atoms with E-state index in [1.165, 1.54) is 12.8 Å². The normalized spacial score (nSPS) is 17.8. The summed E-state index contributed by atoms with van der Waals surface area (Å²) in [6.45, 7) is 5.66. The Kier molecular flexibility index (Phi) is 6.52. The summed E-state index contributed by atoms with van der Waals surface area (Å²) in [6, 6.07) is 0.203. The summed E-state index contributed by atoms with van der Waals surface area (Å²) in [5, 5.41) is 0. The van der Waals surface area contributed by atoms with Gasteiger partial charge in [-0.25, -0.2) is 0 Å². The second-order valence-corrected chi connectivity index (χ2v) is 5.02. The zero-order valence-corrected chi connectivity index (χ0v) is 11.3. The van der Waals surface area contributed by atoms with Crippen molar-refractivity contribution in [1.82, 2.24) is 9.80 Å². The standard InChI is InChI=1S/C13H27N3O/c1-3-4-7-15(2)12(11-14)10-13(17)16-8-5-6-9-16/h12H,3-11,14H2,1-2H3. The molecule has 1 amide bonds. The van der Waals surface area contributed by atoms with E-state index >= 15 is 0 Å². The lowest BCUT2D eigenvalue weighted by molar-refractivity contribution is -0.131. The van der Waals surface area contributed by atoms with Gasteiger partial charge in [-0.15, -0.1) is 0 Å². The van der Waals surface area contributed by atoms with Crippen molar-refractivity contribution in [2.45, 2.75) is 45.1 Å². The maximum Gasteiger partial charge on any atom is 0.224 e. The molecule has 0 spiro atoms. The predicted octanol–water partition coefficient (Wildman–Crippen LogP) is 1.06. The lowest BCUT2D eigenvalue weighted by Gasteiger charge is -2.28. The van der Waals surface area contributed by atoms with E-state index in [9.17, 15) is 4.79 Å². The largest absolute Gasteiger partial charge is 0.343 e. The smallest absolute Gasteiger partial charge is 0.224 e. The van der Waals surface area contributed by atoms with Gasteiger partial charge >= 0.3 is 0 Å². The van der Waals surface area contributed by atoms with Crippen LogP contribution in [0.25, 0.3) is 0 Å². The van der Waals surface area contributed by atoms with Gasteiger partial charge in [0, 0.05) is 32.1 Å². The van der Waals surface area contributed by atoms with Crippen LogP contribution < -0.4 is 5.73 Å². The van der Waals surface area contributed by atoms with E-state index in [-0.39, 0.29) is 11.9 Å². The van der Waals surface area contributed by atoms with Crippen LogP contribution in [0, 0.1) is 0 Å². The van der Waals surface area contributed by atoms with Gasteiger partial charge in [0.2, 0.25) is 5.91 Å². The van der Waals surface area contributed by atoms with Crippen LogP contribution in [0.3, 0.4) is 0 Å². The fraction of sp³-hybridized carbons (Fsp3) is 0.923. The Morgan fingerprint density at radius 3 is 2.59 bits per heavy atom. The summed E-state index contributed by atoms with van der Waals surface area (Å²) in [5.41, 5.74) is 5.78. The van der Waals surface area contributed by atoms with Crippen molar-refractivity contribution in [1.29, 1.82) is 0 Å². The Balaban J connectivity index is 2.36. The average Bonchev–Trinajstić information content (AvgIpc) is 2.86. The van der Waals surface area contributed by atoms with Crippen molar-refractivity contribution in [2.24, 2.45) is 5.73 Å². The highest BCUT2D eigenvalue weighted by Gasteiger charge is 2.22. The average molecular weight is 241 g/mol. The highest BCUT2D eigenvalue weighted by Crippen LogP contribution is 2.12. The first-order valence-electron chi connectivity index (χ1n) is 6.87. The van der Waals surface area contributed by atoms with Gasteiger partial charge < -0.3 is 15.5 Å². The minimum atomic E-state index is 0.203. The number of carbonyl (C=O) groups is 1. The van der Waals surface area contributed by atoms with Crippen molar-refractivity contribution in [3.8, 4) is 0 Å². The molecule has 0 bridgehead atoms. The second kappa shape index (κ2) is 7.67. The summed E-state index contributed by atoms with van der Waals surface area (Å²) in [6.07, 6.45) is 5.25. The zero-order valence-electron chi connectivity index (χ0n) is 11.3. The molecule has 4 nitrogen and oxygen atoms in total. The van der Waals surface area contributed by atoms with Crippen LogP contribution in [0.4, 0.5) is 0 Å². The molecule has 0 aromatic rings. The van der Waals surface area contributed by atoms with Gasteiger partial charge in [-0.1, -0.05) is 13.3 Å². The molecule has 2 N–H and O–H groups in total. The van der Waals surface area contributed by atoms with Gasteiger partial charge in [0.05, 0.1) is 0 Å². The number of amides is 1. The van der Waals surface area contributed by atoms with Crippen LogP contribution in [-0.2, 0) is 4.79 Å². The summed E-state index contributed by atoms with van der Waals surface area (Å²) < 4.78 is 0. The number of hydrogen-bond acceptors (Lipinski definition) is 3. The number of rotatable bonds is 7. The van der Waals surface area contributed by atoms with Crippen molar-refractivity contribution >= 4 is 5.91 Å². The molecule has 1 unspecified atom stereocenters. The Morgan fingerprint density at radius 1 is 1.41 bits per heavy atom. The summed E-state index contributed by atoms with van der Waals surface area (Å²) in [7, 11) is 2.07. The van der Waals surface area contributed by atoms with Gasteiger partial charge in [-0.05, 0) is 32.9 Å². The van der Waals surface area contributed by atoms with Crippen LogP contribution >= 0.6 is 0 Å². The van der Waals surface area contributed by atoms with Crippen LogP contribution in [0.5, 0.6) is 0 Å². The van der Waals surface area contributed by atoms with E-state index < -0.39 is 0 Å². The number of nitrogens with zero attached hydrogens (tertiary/aromatic N) is 2. The van der Waals surface area contributed by atoms with E-state index in [0.717, 1.165) is 32.5 Å². The Morgan fingerprint density at radius 2 is 2.06 bits per heavy atom. The second-order valence-electron chi connectivity index (χ2n) is 5.02. The van der Waals surface area contributed by atoms with E-state index in [2.05, 4.69) is 18.9 Å². The molecule has 1 rings (SSSR count). The van der Waals surface area contributed by atoms with Crippen molar-refractivity contribution in [2.75, 3.05) is 33.2 Å². The lowest BCUT2D eigenvalue weighted by atomic mass is 10.1. The zero-order chi connectivity index (χ0) is 12.7. The molecule has 4 heteroatoms. The molecule has 1 heterocycles. The number of unbranched alkanes of at least 4 members (excludes halogenated alkanes) is 1. The molecule has 100 valence electrons. The van der Waals surface area contributed by atoms with E-state index in [4.69, 9.17) is 5.73 Å². The minimum Gasteiger partial charge on any atom is -0.343 e. The van der Waals surface area contributed by atoms with Crippen LogP contribution in [0.1, 0.15) is 39.0 Å². The Hall–Kier alpha value is -0.610. The fourth-order valence-corrected chi connectivity index (χ4v) is 2.31. The van der Waals surface area contributed by atoms with Crippen molar-refractivity contribution in [3.05, 3.63) is 0 Å². The predicted molar refractivity (Wildman–Crippen MR) is 70.8 cm³/mol. The first kappa shape index (κ1) is 14.5. The number of likely N-dealkylation sites (tertiary alicyclic amines) is 1. The summed E-state index contributed by atoms with van der Waals surface area (Å²) in [4.78, 5) is 16.3. The Labute approximate surface area is 105 Å². The summed E-state index contributed by atoms with van der Waals surface area (Å²) >= 11 is 0. The van der Waals surface area contributed by atoms with Gasteiger partial charge in [0.15, 0.2) is 0 Å². The molecule has 1 aliphatic heterocycles. The monoisotopic (exact) mass is 241 g/mol. The van der Waals surface area contributed by atoms with Crippen LogP contribution in [-0.4, -0.2) is 55.0 Å². The molecule has 0 aromatic heterocycles. The number of carbonyl (C=O) groups excluding carboxylic acids is 1. The molecule has 0 aromatic carbocycles. The molecule has 1 aliphatic rings. The quantitative estimate of drug-likeness (QED) is 0.725. The number of hydrogen-bond donors (Lipinski definition) is 1. The molecular weight excluding hydrogens is 214 g/mol. The molecule has 17 heavy (non-hydrogen) atoms. The van der Waals surface area contributed by atoms with Crippen molar-refractivity contribution < 1.29 is 4.79 Å². The molecule has 1 saturated heterocycles. The first-order valence-corrected chi connectivity index (χ1v) is 6.87. The first-order chi connectivity index (χ1) is 8.19. The SMILES string of the molecule is CCCCN(C)C(CN)CC(=O)N1CCCC1. The highest BCUT2D eigenvalue weighted by molar-refractivity contribution is 5.77. The van der Waals surface area contributed by atoms with Crippen LogP contribution in [0.2, 0.25) is 0 Å². The van der Waals surface area contributed by atoms with Gasteiger partial charge in [0.1, 0.15) is 0 Å². The third kappa shape index (κ3) is 4.64. The van der Waals surface area contributed by atoms with E-state index in [0.29, 0.717) is 13.0 Å². The topological polar surface area (TPSA) is 49.6 Å².